The molecule has 0 atom stereocenters. The lowest BCUT2D eigenvalue weighted by Crippen LogP contribution is -2.04. The monoisotopic (exact) mass is 364 g/mol. The van der Waals surface area contributed by atoms with Gasteiger partial charge < -0.3 is 4.52 Å². The van der Waals surface area contributed by atoms with E-state index in [0.29, 0.717) is 29.0 Å². The Balaban J connectivity index is 1.49. The van der Waals surface area contributed by atoms with Crippen molar-refractivity contribution in [2.75, 3.05) is 0 Å². The Morgan fingerprint density at radius 2 is 1.63 bits per heavy atom. The number of hydrogen-bond donors (Lipinski definition) is 0. The van der Waals surface area contributed by atoms with Gasteiger partial charge in [0.15, 0.2) is 0 Å². The molecule has 0 fully saturated rings. The fourth-order valence-electron chi connectivity index (χ4n) is 2.60. The van der Waals surface area contributed by atoms with E-state index in [4.69, 9.17) is 4.52 Å². The fraction of sp³-hybridized carbons (Fsp3) is 0.211. The fourth-order valence-corrected chi connectivity index (χ4v) is 2.60. The highest BCUT2D eigenvalue weighted by molar-refractivity contribution is 5.55. The molecular weight excluding hydrogens is 347 g/mol. The molecule has 27 heavy (non-hydrogen) atoms. The van der Waals surface area contributed by atoms with E-state index in [2.05, 4.69) is 51.5 Å². The van der Waals surface area contributed by atoms with Gasteiger partial charge in [0.2, 0.25) is 11.6 Å². The summed E-state index contributed by atoms with van der Waals surface area (Å²) in [5, 5.41) is 16.2. The maximum Gasteiger partial charge on any atom is 0.250 e. The third-order valence-electron chi connectivity index (χ3n) is 4.14. The Morgan fingerprint density at radius 1 is 0.963 bits per heavy atom. The highest BCUT2D eigenvalue weighted by Crippen LogP contribution is 2.21. The number of hydrogen-bond acceptors (Lipinski definition) is 6. The van der Waals surface area contributed by atoms with Crippen molar-refractivity contribution in [2.45, 2.75) is 26.3 Å². The molecule has 2 heterocycles. The Labute approximate surface area is 154 Å². The van der Waals surface area contributed by atoms with Gasteiger partial charge in [-0.25, -0.2) is 4.39 Å². The molecule has 8 heteroatoms. The van der Waals surface area contributed by atoms with Crippen LogP contribution in [0.4, 0.5) is 4.39 Å². The Morgan fingerprint density at radius 3 is 2.33 bits per heavy atom. The summed E-state index contributed by atoms with van der Waals surface area (Å²) in [5.74, 6) is 1.44. The van der Waals surface area contributed by atoms with Crippen molar-refractivity contribution in [1.82, 2.24) is 30.3 Å². The molecule has 136 valence electrons. The first kappa shape index (κ1) is 17.0. The summed E-state index contributed by atoms with van der Waals surface area (Å²) in [6.45, 7) is 4.49. The zero-order valence-electron chi connectivity index (χ0n) is 14.9. The molecule has 0 aliphatic heterocycles. The second-order valence-corrected chi connectivity index (χ2v) is 6.44. The van der Waals surface area contributed by atoms with Gasteiger partial charge in [-0.3, -0.25) is 0 Å². The van der Waals surface area contributed by atoms with Gasteiger partial charge in [-0.1, -0.05) is 43.3 Å². The SMILES string of the molecule is CC(C)c1ccc(-c2noc(Cn3nnc(-c4ccc(F)cc4)n3)n2)cc1. The van der Waals surface area contributed by atoms with Gasteiger partial charge in [-0.15, -0.1) is 10.2 Å². The molecule has 0 N–H and O–H groups in total. The van der Waals surface area contributed by atoms with Crippen molar-refractivity contribution in [3.05, 3.63) is 65.8 Å². The van der Waals surface area contributed by atoms with Gasteiger partial charge in [0.1, 0.15) is 12.4 Å². The molecule has 0 unspecified atom stereocenters. The van der Waals surface area contributed by atoms with Crippen LogP contribution >= 0.6 is 0 Å². The largest absolute Gasteiger partial charge is 0.337 e. The predicted molar refractivity (Wildman–Crippen MR) is 96.1 cm³/mol. The number of nitrogens with zero attached hydrogens (tertiary/aromatic N) is 6. The van der Waals surface area contributed by atoms with Crippen LogP contribution in [0.5, 0.6) is 0 Å². The highest BCUT2D eigenvalue weighted by Gasteiger charge is 2.12. The molecule has 0 radical (unpaired) electrons. The third-order valence-corrected chi connectivity index (χ3v) is 4.14. The van der Waals surface area contributed by atoms with E-state index in [0.717, 1.165) is 5.56 Å². The Bertz CT molecular complexity index is 1040. The number of aromatic nitrogens is 6. The molecule has 7 nitrogen and oxygen atoms in total. The van der Waals surface area contributed by atoms with Gasteiger partial charge >= 0.3 is 0 Å². The lowest BCUT2D eigenvalue weighted by atomic mass is 10.0. The maximum atomic E-state index is 13.0. The van der Waals surface area contributed by atoms with E-state index in [-0.39, 0.29) is 12.4 Å². The predicted octanol–water partition coefficient (Wildman–Crippen LogP) is 3.70. The average molecular weight is 364 g/mol. The minimum Gasteiger partial charge on any atom is -0.337 e. The second-order valence-electron chi connectivity index (χ2n) is 6.44. The molecule has 0 aliphatic carbocycles. The minimum atomic E-state index is -0.314. The van der Waals surface area contributed by atoms with Crippen LogP contribution in [0.15, 0.2) is 53.1 Å². The van der Waals surface area contributed by atoms with E-state index >= 15 is 0 Å². The molecule has 4 aromatic rings. The van der Waals surface area contributed by atoms with Crippen LogP contribution in [-0.4, -0.2) is 30.3 Å². The minimum absolute atomic E-state index is 0.200. The molecular formula is C19H17FN6O. The molecule has 4 rings (SSSR count). The standard InChI is InChI=1S/C19H17FN6O/c1-12(2)13-3-5-14(6-4-13)18-21-17(27-24-18)11-26-23-19(22-25-26)15-7-9-16(20)10-8-15/h3-10,12H,11H2,1-2H3. The van der Waals surface area contributed by atoms with E-state index in [1.807, 2.05) is 12.1 Å². The van der Waals surface area contributed by atoms with E-state index in [9.17, 15) is 4.39 Å². The van der Waals surface area contributed by atoms with Crippen molar-refractivity contribution < 1.29 is 8.91 Å². The summed E-state index contributed by atoms with van der Waals surface area (Å²) in [4.78, 5) is 5.75. The summed E-state index contributed by atoms with van der Waals surface area (Å²) < 4.78 is 18.3. The van der Waals surface area contributed by atoms with Crippen LogP contribution in [0, 0.1) is 5.82 Å². The first-order valence-corrected chi connectivity index (χ1v) is 8.55. The van der Waals surface area contributed by atoms with Crippen LogP contribution < -0.4 is 0 Å². The van der Waals surface area contributed by atoms with Gasteiger partial charge in [-0.2, -0.15) is 9.78 Å². The van der Waals surface area contributed by atoms with E-state index in [1.165, 1.54) is 22.5 Å². The summed E-state index contributed by atoms with van der Waals surface area (Å²) in [5.41, 5.74) is 2.81. The van der Waals surface area contributed by atoms with Crippen LogP contribution in [0.25, 0.3) is 22.8 Å². The van der Waals surface area contributed by atoms with Gasteiger partial charge in [0.05, 0.1) is 0 Å². The summed E-state index contributed by atoms with van der Waals surface area (Å²) in [6, 6.07) is 14.0. The molecule has 0 saturated heterocycles. The van der Waals surface area contributed by atoms with Crippen LogP contribution in [0.1, 0.15) is 31.2 Å². The van der Waals surface area contributed by atoms with Crippen molar-refractivity contribution in [1.29, 1.82) is 0 Å². The van der Waals surface area contributed by atoms with Crippen molar-refractivity contribution in [2.24, 2.45) is 0 Å². The quantitative estimate of drug-likeness (QED) is 0.537. The molecule has 2 aromatic heterocycles. The number of tetrazole rings is 1. The van der Waals surface area contributed by atoms with Crippen molar-refractivity contribution in [3.8, 4) is 22.8 Å². The van der Waals surface area contributed by atoms with Crippen LogP contribution in [0.3, 0.4) is 0 Å². The first-order valence-electron chi connectivity index (χ1n) is 8.55. The third kappa shape index (κ3) is 3.74. The molecule has 0 saturated carbocycles. The number of halogens is 1. The lowest BCUT2D eigenvalue weighted by Gasteiger charge is -2.04. The van der Waals surface area contributed by atoms with E-state index in [1.54, 1.807) is 12.1 Å². The molecule has 2 aromatic carbocycles. The van der Waals surface area contributed by atoms with Gasteiger partial charge in [-0.05, 0) is 41.0 Å². The normalized spacial score (nSPS) is 11.3. The zero-order valence-corrected chi connectivity index (χ0v) is 14.9. The smallest absolute Gasteiger partial charge is 0.250 e. The second kappa shape index (κ2) is 7.06. The molecule has 0 bridgehead atoms. The first-order chi connectivity index (χ1) is 13.1. The number of rotatable bonds is 5. The summed E-state index contributed by atoms with van der Waals surface area (Å²) in [7, 11) is 0. The lowest BCUT2D eigenvalue weighted by molar-refractivity contribution is 0.356. The van der Waals surface area contributed by atoms with Gasteiger partial charge in [0.25, 0.3) is 5.89 Å². The summed E-state index contributed by atoms with van der Waals surface area (Å²) in [6.07, 6.45) is 0. The van der Waals surface area contributed by atoms with Crippen LogP contribution in [-0.2, 0) is 6.54 Å². The van der Waals surface area contributed by atoms with Gasteiger partial charge in [0, 0.05) is 11.1 Å². The van der Waals surface area contributed by atoms with Crippen LogP contribution in [0.2, 0.25) is 0 Å². The van der Waals surface area contributed by atoms with Crippen molar-refractivity contribution in [3.63, 3.8) is 0 Å². The summed E-state index contributed by atoms with van der Waals surface area (Å²) >= 11 is 0. The molecule has 0 spiro atoms. The number of benzene rings is 2. The molecule has 0 amide bonds. The Hall–Kier alpha value is -3.42. The Kier molecular flexibility index (Phi) is 4.45. The maximum absolute atomic E-state index is 13.0. The highest BCUT2D eigenvalue weighted by atomic mass is 19.1. The average Bonchev–Trinajstić information content (AvgIpc) is 3.33. The zero-order chi connectivity index (χ0) is 18.8. The van der Waals surface area contributed by atoms with Crippen molar-refractivity contribution >= 4 is 0 Å². The topological polar surface area (TPSA) is 82.5 Å². The van der Waals surface area contributed by atoms with E-state index < -0.39 is 0 Å². The molecule has 0 aliphatic rings.